The number of nitrogens with two attached hydrogens (primary N) is 1. The Labute approximate surface area is 116 Å². The van der Waals surface area contributed by atoms with E-state index in [-0.39, 0.29) is 0 Å². The third-order valence-corrected chi connectivity index (χ3v) is 3.47. The molecule has 0 aliphatic carbocycles. The van der Waals surface area contributed by atoms with Gasteiger partial charge in [0.1, 0.15) is 5.82 Å². The number of aromatic nitrogens is 2. The summed E-state index contributed by atoms with van der Waals surface area (Å²) in [5.74, 6) is 1.11. The first-order valence-electron chi connectivity index (χ1n) is 5.94. The van der Waals surface area contributed by atoms with E-state index in [9.17, 15) is 0 Å². The van der Waals surface area contributed by atoms with Gasteiger partial charge >= 0.3 is 0 Å². The zero-order chi connectivity index (χ0) is 13.4. The third-order valence-electron chi connectivity index (χ3n) is 3.05. The van der Waals surface area contributed by atoms with E-state index < -0.39 is 0 Å². The van der Waals surface area contributed by atoms with Crippen LogP contribution in [0, 0.1) is 6.92 Å². The zero-order valence-electron chi connectivity index (χ0n) is 10.4. The van der Waals surface area contributed by atoms with Crippen molar-refractivity contribution in [3.8, 4) is 11.4 Å². The highest BCUT2D eigenvalue weighted by Crippen LogP contribution is 2.25. The summed E-state index contributed by atoms with van der Waals surface area (Å²) in [6, 6.07) is 13.4. The molecule has 1 aromatic heterocycles. The van der Waals surface area contributed by atoms with E-state index in [4.69, 9.17) is 17.3 Å². The number of nitrogens with zero attached hydrogens (tertiary/aromatic N) is 2. The number of aryl methyl sites for hydroxylation is 1. The van der Waals surface area contributed by atoms with Crippen molar-refractivity contribution in [2.45, 2.75) is 6.92 Å². The molecule has 1 heterocycles. The maximum absolute atomic E-state index is 6.03. The van der Waals surface area contributed by atoms with Crippen molar-refractivity contribution in [2.24, 2.45) is 0 Å². The quantitative estimate of drug-likeness (QED) is 0.730. The first kappa shape index (κ1) is 11.9. The molecule has 0 saturated carbocycles. The molecular weight excluding hydrogens is 258 g/mol. The van der Waals surface area contributed by atoms with Gasteiger partial charge in [0.15, 0.2) is 5.82 Å². The van der Waals surface area contributed by atoms with Gasteiger partial charge in [-0.05, 0) is 42.8 Å². The van der Waals surface area contributed by atoms with E-state index in [2.05, 4.69) is 9.97 Å². The number of hydrogen-bond acceptors (Lipinski definition) is 3. The molecular formula is C15H12ClN3. The van der Waals surface area contributed by atoms with Crippen LogP contribution in [-0.4, -0.2) is 9.97 Å². The number of fused-ring (bicyclic) bond motifs is 1. The summed E-state index contributed by atoms with van der Waals surface area (Å²) in [7, 11) is 0. The minimum Gasteiger partial charge on any atom is -0.383 e. The van der Waals surface area contributed by atoms with E-state index in [0.717, 1.165) is 27.1 Å². The minimum atomic E-state index is 0.494. The maximum Gasteiger partial charge on any atom is 0.162 e. The molecule has 3 aromatic rings. The molecule has 2 N–H and O–H groups in total. The van der Waals surface area contributed by atoms with E-state index in [1.807, 2.05) is 49.4 Å². The fraction of sp³-hybridized carbons (Fsp3) is 0.0667. The van der Waals surface area contributed by atoms with Crippen molar-refractivity contribution < 1.29 is 0 Å². The molecule has 0 atom stereocenters. The molecule has 0 amide bonds. The van der Waals surface area contributed by atoms with Crippen LogP contribution in [0.3, 0.4) is 0 Å². The Bertz CT molecular complexity index is 768. The van der Waals surface area contributed by atoms with Gasteiger partial charge in [-0.1, -0.05) is 23.7 Å². The number of para-hydroxylation sites is 1. The predicted molar refractivity (Wildman–Crippen MR) is 79.1 cm³/mol. The molecule has 3 rings (SSSR count). The monoisotopic (exact) mass is 269 g/mol. The van der Waals surface area contributed by atoms with Crippen LogP contribution in [0.15, 0.2) is 42.5 Å². The molecule has 0 spiro atoms. The van der Waals surface area contributed by atoms with Crippen LogP contribution >= 0.6 is 11.6 Å². The van der Waals surface area contributed by atoms with Crippen LogP contribution in [0.4, 0.5) is 5.82 Å². The number of halogens is 1. The van der Waals surface area contributed by atoms with Crippen LogP contribution in [-0.2, 0) is 0 Å². The fourth-order valence-corrected chi connectivity index (χ4v) is 2.13. The first-order valence-corrected chi connectivity index (χ1v) is 6.32. The highest BCUT2D eigenvalue weighted by molar-refractivity contribution is 6.31. The Morgan fingerprint density at radius 3 is 2.63 bits per heavy atom. The van der Waals surface area contributed by atoms with Gasteiger partial charge in [0.05, 0.1) is 5.52 Å². The molecule has 3 nitrogen and oxygen atoms in total. The van der Waals surface area contributed by atoms with Gasteiger partial charge in [-0.15, -0.1) is 0 Å². The Balaban J connectivity index is 2.22. The van der Waals surface area contributed by atoms with Gasteiger partial charge in [-0.25, -0.2) is 9.97 Å². The molecule has 19 heavy (non-hydrogen) atoms. The highest BCUT2D eigenvalue weighted by Gasteiger charge is 2.07. The maximum atomic E-state index is 6.03. The van der Waals surface area contributed by atoms with Crippen molar-refractivity contribution in [1.82, 2.24) is 9.97 Å². The standard InChI is InChI=1S/C15H12ClN3/c1-9-8-10(6-7-12(9)16)15-18-13-5-3-2-4-11(13)14(17)19-15/h2-8H,1H3,(H2,17,18,19). The number of hydrogen-bond donors (Lipinski definition) is 1. The molecule has 0 aliphatic rings. The van der Waals surface area contributed by atoms with Gasteiger partial charge in [-0.3, -0.25) is 0 Å². The molecule has 0 aliphatic heterocycles. The second-order valence-electron chi connectivity index (χ2n) is 4.41. The molecule has 4 heteroatoms. The van der Waals surface area contributed by atoms with Gasteiger partial charge < -0.3 is 5.73 Å². The van der Waals surface area contributed by atoms with E-state index in [0.29, 0.717) is 11.6 Å². The molecule has 0 bridgehead atoms. The molecule has 0 saturated heterocycles. The summed E-state index contributed by atoms with van der Waals surface area (Å²) >= 11 is 6.03. The van der Waals surface area contributed by atoms with E-state index in [1.165, 1.54) is 0 Å². The second kappa shape index (κ2) is 4.52. The summed E-state index contributed by atoms with van der Waals surface area (Å²) in [4.78, 5) is 8.91. The van der Waals surface area contributed by atoms with Gasteiger partial charge in [-0.2, -0.15) is 0 Å². The van der Waals surface area contributed by atoms with E-state index >= 15 is 0 Å². The Morgan fingerprint density at radius 2 is 1.84 bits per heavy atom. The highest BCUT2D eigenvalue weighted by atomic mass is 35.5. The van der Waals surface area contributed by atoms with Gasteiger partial charge in [0, 0.05) is 16.0 Å². The SMILES string of the molecule is Cc1cc(-c2nc(N)c3ccccc3n2)ccc1Cl. The number of nitrogen functional groups attached to an aromatic ring is 1. The summed E-state index contributed by atoms with van der Waals surface area (Å²) in [6.07, 6.45) is 0. The largest absolute Gasteiger partial charge is 0.383 e. The molecule has 2 aromatic carbocycles. The van der Waals surface area contributed by atoms with Crippen molar-refractivity contribution in [3.05, 3.63) is 53.1 Å². The number of anilines is 1. The van der Waals surface area contributed by atoms with Crippen molar-refractivity contribution in [3.63, 3.8) is 0 Å². The van der Waals surface area contributed by atoms with Crippen LogP contribution in [0.2, 0.25) is 5.02 Å². The number of benzene rings is 2. The average Bonchev–Trinajstić information content (AvgIpc) is 2.42. The van der Waals surface area contributed by atoms with E-state index in [1.54, 1.807) is 0 Å². The van der Waals surface area contributed by atoms with Gasteiger partial charge in [0.2, 0.25) is 0 Å². The normalized spacial score (nSPS) is 10.8. The minimum absolute atomic E-state index is 0.494. The Kier molecular flexibility index (Phi) is 2.84. The second-order valence-corrected chi connectivity index (χ2v) is 4.82. The lowest BCUT2D eigenvalue weighted by atomic mass is 10.1. The summed E-state index contributed by atoms with van der Waals surface area (Å²) in [5.41, 5.74) is 8.74. The van der Waals surface area contributed by atoms with Crippen molar-refractivity contribution >= 4 is 28.3 Å². The Hall–Kier alpha value is -2.13. The predicted octanol–water partition coefficient (Wildman–Crippen LogP) is 3.84. The summed E-state index contributed by atoms with van der Waals surface area (Å²) in [5, 5.41) is 1.61. The molecule has 0 unspecified atom stereocenters. The number of rotatable bonds is 1. The lowest BCUT2D eigenvalue weighted by molar-refractivity contribution is 1.23. The van der Waals surface area contributed by atoms with Crippen molar-refractivity contribution in [2.75, 3.05) is 5.73 Å². The molecule has 94 valence electrons. The van der Waals surface area contributed by atoms with Crippen LogP contribution in [0.25, 0.3) is 22.3 Å². The van der Waals surface area contributed by atoms with Crippen LogP contribution in [0.1, 0.15) is 5.56 Å². The molecule has 0 fully saturated rings. The fourth-order valence-electron chi connectivity index (χ4n) is 2.01. The summed E-state index contributed by atoms with van der Waals surface area (Å²) in [6.45, 7) is 1.95. The zero-order valence-corrected chi connectivity index (χ0v) is 11.1. The Morgan fingerprint density at radius 1 is 1.05 bits per heavy atom. The first-order chi connectivity index (χ1) is 9.15. The van der Waals surface area contributed by atoms with Gasteiger partial charge in [0.25, 0.3) is 0 Å². The van der Waals surface area contributed by atoms with Crippen LogP contribution < -0.4 is 5.73 Å². The molecule has 0 radical (unpaired) electrons. The summed E-state index contributed by atoms with van der Waals surface area (Å²) < 4.78 is 0. The third kappa shape index (κ3) is 2.13. The van der Waals surface area contributed by atoms with Crippen molar-refractivity contribution in [1.29, 1.82) is 0 Å². The topological polar surface area (TPSA) is 51.8 Å². The van der Waals surface area contributed by atoms with Crippen LogP contribution in [0.5, 0.6) is 0 Å². The smallest absolute Gasteiger partial charge is 0.162 e. The lowest BCUT2D eigenvalue weighted by Crippen LogP contribution is -1.97. The average molecular weight is 270 g/mol. The lowest BCUT2D eigenvalue weighted by Gasteiger charge is -2.06.